The van der Waals surface area contributed by atoms with Crippen LogP contribution in [0.15, 0.2) is 91.1 Å². The minimum Gasteiger partial charge on any atom is -0.508 e. The molecule has 0 bridgehead atoms. The van der Waals surface area contributed by atoms with Gasteiger partial charge in [-0.3, -0.25) is 14.7 Å². The fourth-order valence-corrected chi connectivity index (χ4v) is 4.65. The second kappa shape index (κ2) is 9.99. The molecule has 2 aromatic heterocycles. The molecule has 0 spiro atoms. The summed E-state index contributed by atoms with van der Waals surface area (Å²) in [6, 6.07) is 27.4. The molecule has 0 aliphatic carbocycles. The van der Waals surface area contributed by atoms with Gasteiger partial charge in [0.05, 0.1) is 12.2 Å². The summed E-state index contributed by atoms with van der Waals surface area (Å²) in [7, 11) is 0. The summed E-state index contributed by atoms with van der Waals surface area (Å²) >= 11 is 0. The Morgan fingerprint density at radius 2 is 1.69 bits per heavy atom. The molecule has 0 radical (unpaired) electrons. The van der Waals surface area contributed by atoms with E-state index in [0.29, 0.717) is 13.1 Å². The highest BCUT2D eigenvalue weighted by molar-refractivity contribution is 6.09. The molecule has 176 valence electrons. The third-order valence-corrected chi connectivity index (χ3v) is 6.24. The largest absolute Gasteiger partial charge is 0.508 e. The van der Waals surface area contributed by atoms with Crippen LogP contribution in [0.3, 0.4) is 0 Å². The van der Waals surface area contributed by atoms with E-state index in [-0.39, 0.29) is 18.2 Å². The third kappa shape index (κ3) is 4.88. The molecule has 0 unspecified atom stereocenters. The minimum atomic E-state index is -0.116. The molecule has 0 saturated heterocycles. The zero-order valence-corrected chi connectivity index (χ0v) is 19.7. The number of aryl methyl sites for hydroxylation is 1. The van der Waals surface area contributed by atoms with Gasteiger partial charge in [-0.15, -0.1) is 0 Å². The van der Waals surface area contributed by atoms with Crippen LogP contribution in [0, 0.1) is 0 Å². The van der Waals surface area contributed by atoms with E-state index >= 15 is 0 Å². The van der Waals surface area contributed by atoms with E-state index in [1.54, 1.807) is 18.3 Å². The monoisotopic (exact) mass is 464 g/mol. The highest BCUT2D eigenvalue weighted by atomic mass is 16.3. The van der Waals surface area contributed by atoms with Crippen LogP contribution in [0.4, 0.5) is 5.69 Å². The van der Waals surface area contributed by atoms with Crippen molar-refractivity contribution in [2.45, 2.75) is 26.6 Å². The molecule has 6 heteroatoms. The lowest BCUT2D eigenvalue weighted by molar-refractivity contribution is -0.117. The molecule has 0 atom stereocenters. The predicted molar refractivity (Wildman–Crippen MR) is 140 cm³/mol. The molecular weight excluding hydrogens is 436 g/mol. The van der Waals surface area contributed by atoms with Crippen molar-refractivity contribution in [2.75, 3.05) is 11.9 Å². The molecule has 2 heterocycles. The standard InChI is InChI=1S/C29H28N4O2/c1-2-33-26-12-5-4-11-24(26)25-17-22(14-15-27(25)33)31-29(35)20-32(19-23-10-7-8-16-30-23)18-21-9-3-6-13-28(21)34/h3-17,34H,2,18-20H2,1H3,(H,31,35). The number of benzene rings is 3. The summed E-state index contributed by atoms with van der Waals surface area (Å²) < 4.78 is 2.29. The Morgan fingerprint density at radius 3 is 2.49 bits per heavy atom. The lowest BCUT2D eigenvalue weighted by Crippen LogP contribution is -2.32. The van der Waals surface area contributed by atoms with Crippen molar-refractivity contribution in [3.8, 4) is 5.75 Å². The number of hydrogen-bond acceptors (Lipinski definition) is 4. The Hall–Kier alpha value is -4.16. The number of anilines is 1. The first-order chi connectivity index (χ1) is 17.1. The Bertz CT molecular complexity index is 1480. The van der Waals surface area contributed by atoms with E-state index in [2.05, 4.69) is 46.1 Å². The molecular formula is C29H28N4O2. The van der Waals surface area contributed by atoms with Gasteiger partial charge in [-0.2, -0.15) is 0 Å². The van der Waals surface area contributed by atoms with Crippen LogP contribution in [0.1, 0.15) is 18.2 Å². The summed E-state index contributed by atoms with van der Waals surface area (Å²) in [6.45, 7) is 4.11. The number of nitrogens with one attached hydrogen (secondary N) is 1. The smallest absolute Gasteiger partial charge is 0.238 e. The number of phenols is 1. The maximum atomic E-state index is 13.1. The van der Waals surface area contributed by atoms with E-state index in [0.717, 1.165) is 34.4 Å². The quantitative estimate of drug-likeness (QED) is 0.316. The van der Waals surface area contributed by atoms with E-state index in [9.17, 15) is 9.90 Å². The van der Waals surface area contributed by atoms with Crippen molar-refractivity contribution >= 4 is 33.4 Å². The highest BCUT2D eigenvalue weighted by Crippen LogP contribution is 2.31. The van der Waals surface area contributed by atoms with Gasteiger partial charge < -0.3 is 15.0 Å². The van der Waals surface area contributed by atoms with Gasteiger partial charge in [0.25, 0.3) is 0 Å². The molecule has 0 aliphatic heterocycles. The number of fused-ring (bicyclic) bond motifs is 3. The number of aromatic nitrogens is 2. The van der Waals surface area contributed by atoms with Gasteiger partial charge in [-0.25, -0.2) is 0 Å². The van der Waals surface area contributed by atoms with Crippen molar-refractivity contribution in [1.29, 1.82) is 0 Å². The lowest BCUT2D eigenvalue weighted by Gasteiger charge is -2.22. The van der Waals surface area contributed by atoms with Crippen LogP contribution in [0.5, 0.6) is 5.75 Å². The average Bonchev–Trinajstić information content (AvgIpc) is 3.19. The van der Waals surface area contributed by atoms with Crippen LogP contribution in [-0.4, -0.2) is 32.0 Å². The SMILES string of the molecule is CCn1c2ccccc2c2cc(NC(=O)CN(Cc3ccccn3)Cc3ccccc3O)ccc21. The van der Waals surface area contributed by atoms with Crippen molar-refractivity contribution < 1.29 is 9.90 Å². The lowest BCUT2D eigenvalue weighted by atomic mass is 10.1. The third-order valence-electron chi connectivity index (χ3n) is 6.24. The maximum Gasteiger partial charge on any atom is 0.238 e. The number of amides is 1. The van der Waals surface area contributed by atoms with Crippen molar-refractivity contribution in [3.05, 3.63) is 102 Å². The summed E-state index contributed by atoms with van der Waals surface area (Å²) in [4.78, 5) is 19.5. The van der Waals surface area contributed by atoms with Crippen LogP contribution >= 0.6 is 0 Å². The van der Waals surface area contributed by atoms with Gasteiger partial charge in [0, 0.05) is 58.9 Å². The Morgan fingerprint density at radius 1 is 0.914 bits per heavy atom. The summed E-state index contributed by atoms with van der Waals surface area (Å²) in [5.74, 6) is 0.103. The highest BCUT2D eigenvalue weighted by Gasteiger charge is 2.16. The Balaban J connectivity index is 1.38. The number of carbonyl (C=O) groups excluding carboxylic acids is 1. The second-order valence-electron chi connectivity index (χ2n) is 8.64. The normalized spacial score (nSPS) is 11.4. The molecule has 0 saturated carbocycles. The van der Waals surface area contributed by atoms with Crippen LogP contribution in [0.25, 0.3) is 21.8 Å². The minimum absolute atomic E-state index is 0.116. The van der Waals surface area contributed by atoms with Crippen molar-refractivity contribution in [1.82, 2.24) is 14.5 Å². The number of phenolic OH excluding ortho intramolecular Hbond substituents is 1. The number of hydrogen-bond donors (Lipinski definition) is 2. The fourth-order valence-electron chi connectivity index (χ4n) is 4.65. The van der Waals surface area contributed by atoms with Gasteiger partial charge in [0.2, 0.25) is 5.91 Å². The van der Waals surface area contributed by atoms with Crippen LogP contribution in [-0.2, 0) is 24.4 Å². The van der Waals surface area contributed by atoms with E-state index in [4.69, 9.17) is 0 Å². The summed E-state index contributed by atoms with van der Waals surface area (Å²) in [5, 5.41) is 15.6. The second-order valence-corrected chi connectivity index (χ2v) is 8.64. The zero-order valence-electron chi connectivity index (χ0n) is 19.7. The molecule has 35 heavy (non-hydrogen) atoms. The number of para-hydroxylation sites is 2. The van der Waals surface area contributed by atoms with E-state index in [1.807, 2.05) is 53.4 Å². The zero-order chi connectivity index (χ0) is 24.2. The number of carbonyl (C=O) groups is 1. The predicted octanol–water partition coefficient (Wildman–Crippen LogP) is 5.56. The number of nitrogens with zero attached hydrogens (tertiary/aromatic N) is 3. The van der Waals surface area contributed by atoms with Gasteiger partial charge in [0.15, 0.2) is 0 Å². The van der Waals surface area contributed by atoms with Crippen LogP contribution in [0.2, 0.25) is 0 Å². The maximum absolute atomic E-state index is 13.1. The molecule has 1 amide bonds. The fraction of sp³-hybridized carbons (Fsp3) is 0.172. The number of rotatable bonds is 8. The molecule has 6 nitrogen and oxygen atoms in total. The molecule has 5 rings (SSSR count). The van der Waals surface area contributed by atoms with Gasteiger partial charge in [-0.05, 0) is 49.4 Å². The van der Waals surface area contributed by atoms with Crippen LogP contribution < -0.4 is 5.32 Å². The molecule has 0 fully saturated rings. The van der Waals surface area contributed by atoms with Gasteiger partial charge in [-0.1, -0.05) is 42.5 Å². The van der Waals surface area contributed by atoms with Crippen molar-refractivity contribution in [3.63, 3.8) is 0 Å². The molecule has 2 N–H and O–H groups in total. The van der Waals surface area contributed by atoms with Gasteiger partial charge in [0.1, 0.15) is 5.75 Å². The first-order valence-corrected chi connectivity index (χ1v) is 11.8. The van der Waals surface area contributed by atoms with E-state index in [1.165, 1.54) is 10.9 Å². The first-order valence-electron chi connectivity index (χ1n) is 11.8. The number of aromatic hydroxyl groups is 1. The molecule has 3 aromatic carbocycles. The Labute approximate surface area is 204 Å². The molecule has 5 aromatic rings. The number of pyridine rings is 1. The summed E-state index contributed by atoms with van der Waals surface area (Å²) in [6.07, 6.45) is 1.75. The molecule has 0 aliphatic rings. The van der Waals surface area contributed by atoms with Gasteiger partial charge >= 0.3 is 0 Å². The Kier molecular flexibility index (Phi) is 6.46. The average molecular weight is 465 g/mol. The first kappa shape index (κ1) is 22.6. The summed E-state index contributed by atoms with van der Waals surface area (Å²) in [5.41, 5.74) is 4.75. The van der Waals surface area contributed by atoms with Crippen molar-refractivity contribution in [2.24, 2.45) is 0 Å². The topological polar surface area (TPSA) is 70.4 Å². The van der Waals surface area contributed by atoms with E-state index < -0.39 is 0 Å².